The molecule has 0 radical (unpaired) electrons. The van der Waals surface area contributed by atoms with Crippen LogP contribution in [0.1, 0.15) is 28.4 Å². The van der Waals surface area contributed by atoms with Gasteiger partial charge in [-0.3, -0.25) is 10.8 Å². The molecule has 0 fully saturated rings. The zero-order valence-electron chi connectivity index (χ0n) is 10.4. The molecule has 3 nitrogen and oxygen atoms in total. The molecule has 0 aliphatic rings. The van der Waals surface area contributed by atoms with Gasteiger partial charge in [-0.15, -0.1) is 0 Å². The van der Waals surface area contributed by atoms with E-state index in [0.29, 0.717) is 0 Å². The van der Waals surface area contributed by atoms with Crippen LogP contribution in [0.15, 0.2) is 41.0 Å². The van der Waals surface area contributed by atoms with Gasteiger partial charge >= 0.3 is 0 Å². The van der Waals surface area contributed by atoms with Gasteiger partial charge in [0.25, 0.3) is 0 Å². The van der Waals surface area contributed by atoms with Crippen molar-refractivity contribution < 1.29 is 0 Å². The van der Waals surface area contributed by atoms with Crippen molar-refractivity contribution in [1.29, 1.82) is 0 Å². The van der Waals surface area contributed by atoms with Gasteiger partial charge < -0.3 is 0 Å². The third-order valence-corrected chi connectivity index (χ3v) is 3.42. The molecule has 4 heteroatoms. The standard InChI is InChI=1S/C14H16BrN3/c1-9-3-5-12(10(2)7-9)14(18-16)13-6-4-11(15)8-17-13/h3-8,14,18H,16H2,1-2H3. The van der Waals surface area contributed by atoms with Crippen molar-refractivity contribution in [3.05, 3.63) is 63.4 Å². The van der Waals surface area contributed by atoms with Crippen molar-refractivity contribution in [3.8, 4) is 0 Å². The Bertz CT molecular complexity index is 537. The number of pyridine rings is 1. The number of aromatic nitrogens is 1. The second kappa shape index (κ2) is 5.61. The number of aryl methyl sites for hydroxylation is 2. The van der Waals surface area contributed by atoms with Crippen LogP contribution >= 0.6 is 15.9 Å². The van der Waals surface area contributed by atoms with Gasteiger partial charge in [-0.1, -0.05) is 23.8 Å². The van der Waals surface area contributed by atoms with Crippen molar-refractivity contribution in [2.75, 3.05) is 0 Å². The minimum Gasteiger partial charge on any atom is -0.271 e. The lowest BCUT2D eigenvalue weighted by atomic mass is 9.97. The van der Waals surface area contributed by atoms with Crippen LogP contribution in [-0.2, 0) is 0 Å². The van der Waals surface area contributed by atoms with E-state index in [-0.39, 0.29) is 6.04 Å². The molecule has 0 bridgehead atoms. The van der Waals surface area contributed by atoms with Crippen molar-refractivity contribution in [2.24, 2.45) is 5.84 Å². The van der Waals surface area contributed by atoms with Gasteiger partial charge in [-0.05, 0) is 53.0 Å². The predicted molar refractivity (Wildman–Crippen MR) is 77.0 cm³/mol. The van der Waals surface area contributed by atoms with Gasteiger partial charge in [0, 0.05) is 10.7 Å². The normalized spacial score (nSPS) is 12.4. The molecular weight excluding hydrogens is 290 g/mol. The van der Waals surface area contributed by atoms with Crippen molar-refractivity contribution in [2.45, 2.75) is 19.9 Å². The number of halogens is 1. The number of nitrogens with two attached hydrogens (primary N) is 1. The van der Waals surface area contributed by atoms with Crippen LogP contribution < -0.4 is 11.3 Å². The fourth-order valence-electron chi connectivity index (χ4n) is 2.04. The molecule has 0 aliphatic heterocycles. The minimum absolute atomic E-state index is 0.0845. The Morgan fingerprint density at radius 2 is 2.00 bits per heavy atom. The van der Waals surface area contributed by atoms with Gasteiger partial charge in [-0.2, -0.15) is 0 Å². The highest BCUT2D eigenvalue weighted by Crippen LogP contribution is 2.24. The van der Waals surface area contributed by atoms with Crippen molar-refractivity contribution in [1.82, 2.24) is 10.4 Å². The zero-order chi connectivity index (χ0) is 13.1. The van der Waals surface area contributed by atoms with Gasteiger partial charge in [-0.25, -0.2) is 5.43 Å². The number of nitrogens with one attached hydrogen (secondary N) is 1. The summed E-state index contributed by atoms with van der Waals surface area (Å²) in [5.41, 5.74) is 7.35. The lowest BCUT2D eigenvalue weighted by molar-refractivity contribution is 0.617. The summed E-state index contributed by atoms with van der Waals surface area (Å²) in [5.74, 6) is 5.68. The van der Waals surface area contributed by atoms with Crippen LogP contribution in [0.25, 0.3) is 0 Å². The Kier molecular flexibility index (Phi) is 4.11. The SMILES string of the molecule is Cc1ccc(C(NN)c2ccc(Br)cn2)c(C)c1. The Morgan fingerprint density at radius 3 is 2.56 bits per heavy atom. The molecule has 1 heterocycles. The summed E-state index contributed by atoms with van der Waals surface area (Å²) in [6.07, 6.45) is 1.78. The molecule has 1 aromatic heterocycles. The van der Waals surface area contributed by atoms with Crippen LogP contribution in [-0.4, -0.2) is 4.98 Å². The summed E-state index contributed by atoms with van der Waals surface area (Å²) >= 11 is 3.38. The summed E-state index contributed by atoms with van der Waals surface area (Å²) in [6, 6.07) is 10.2. The third kappa shape index (κ3) is 2.77. The van der Waals surface area contributed by atoms with Gasteiger partial charge in [0.2, 0.25) is 0 Å². The maximum Gasteiger partial charge on any atom is 0.0883 e. The minimum atomic E-state index is -0.0845. The third-order valence-electron chi connectivity index (χ3n) is 2.95. The molecule has 0 saturated carbocycles. The lowest BCUT2D eigenvalue weighted by Gasteiger charge is -2.18. The van der Waals surface area contributed by atoms with E-state index >= 15 is 0 Å². The molecule has 2 rings (SSSR count). The number of benzene rings is 1. The molecule has 0 aliphatic carbocycles. The maximum absolute atomic E-state index is 5.68. The summed E-state index contributed by atoms with van der Waals surface area (Å²) < 4.78 is 0.961. The van der Waals surface area contributed by atoms with Crippen LogP contribution in [0.4, 0.5) is 0 Å². The molecular formula is C14H16BrN3. The number of hydrazine groups is 1. The van der Waals surface area contributed by atoms with E-state index in [9.17, 15) is 0 Å². The van der Waals surface area contributed by atoms with E-state index in [2.05, 4.69) is 58.4 Å². The second-order valence-corrected chi connectivity index (χ2v) is 5.28. The Morgan fingerprint density at radius 1 is 1.22 bits per heavy atom. The van der Waals surface area contributed by atoms with E-state index in [0.717, 1.165) is 15.7 Å². The highest BCUT2D eigenvalue weighted by molar-refractivity contribution is 9.10. The summed E-state index contributed by atoms with van der Waals surface area (Å²) in [7, 11) is 0. The van der Waals surface area contributed by atoms with Crippen LogP contribution in [0.5, 0.6) is 0 Å². The molecule has 18 heavy (non-hydrogen) atoms. The first-order valence-electron chi connectivity index (χ1n) is 5.76. The molecule has 1 aromatic carbocycles. The molecule has 1 atom stereocenters. The highest BCUT2D eigenvalue weighted by atomic mass is 79.9. The molecule has 0 saturated heterocycles. The molecule has 94 valence electrons. The monoisotopic (exact) mass is 305 g/mol. The van der Waals surface area contributed by atoms with Crippen molar-refractivity contribution >= 4 is 15.9 Å². The fraction of sp³-hybridized carbons (Fsp3) is 0.214. The molecule has 0 spiro atoms. The highest BCUT2D eigenvalue weighted by Gasteiger charge is 2.15. The number of hydrogen-bond acceptors (Lipinski definition) is 3. The van der Waals surface area contributed by atoms with Crippen LogP contribution in [0.3, 0.4) is 0 Å². The van der Waals surface area contributed by atoms with E-state index in [1.54, 1.807) is 6.20 Å². The average Bonchev–Trinajstić information content (AvgIpc) is 2.35. The predicted octanol–water partition coefficient (Wildman–Crippen LogP) is 3.01. The Labute approximate surface area is 116 Å². The van der Waals surface area contributed by atoms with E-state index < -0.39 is 0 Å². The van der Waals surface area contributed by atoms with Crippen LogP contribution in [0.2, 0.25) is 0 Å². The average molecular weight is 306 g/mol. The van der Waals surface area contributed by atoms with Gasteiger partial charge in [0.05, 0.1) is 11.7 Å². The number of rotatable bonds is 3. The molecule has 2 aromatic rings. The van der Waals surface area contributed by atoms with E-state index in [4.69, 9.17) is 5.84 Å². The largest absolute Gasteiger partial charge is 0.271 e. The van der Waals surface area contributed by atoms with Crippen molar-refractivity contribution in [3.63, 3.8) is 0 Å². The van der Waals surface area contributed by atoms with E-state index in [1.807, 2.05) is 12.1 Å². The lowest BCUT2D eigenvalue weighted by Crippen LogP contribution is -2.30. The smallest absolute Gasteiger partial charge is 0.0883 e. The first kappa shape index (κ1) is 13.2. The first-order valence-corrected chi connectivity index (χ1v) is 6.56. The Hall–Kier alpha value is -1.23. The summed E-state index contributed by atoms with van der Waals surface area (Å²) in [6.45, 7) is 4.17. The maximum atomic E-state index is 5.68. The molecule has 0 amide bonds. The van der Waals surface area contributed by atoms with Gasteiger partial charge in [0.1, 0.15) is 0 Å². The van der Waals surface area contributed by atoms with Gasteiger partial charge in [0.15, 0.2) is 0 Å². The summed E-state index contributed by atoms with van der Waals surface area (Å²) in [4.78, 5) is 4.40. The number of hydrogen-bond donors (Lipinski definition) is 2. The zero-order valence-corrected chi connectivity index (χ0v) is 12.0. The molecule has 3 N–H and O–H groups in total. The van der Waals surface area contributed by atoms with Crippen LogP contribution in [0, 0.1) is 13.8 Å². The van der Waals surface area contributed by atoms with E-state index in [1.165, 1.54) is 11.1 Å². The summed E-state index contributed by atoms with van der Waals surface area (Å²) in [5, 5.41) is 0. The second-order valence-electron chi connectivity index (χ2n) is 4.36. The molecule has 1 unspecified atom stereocenters. The number of nitrogens with zero attached hydrogens (tertiary/aromatic N) is 1. The fourth-order valence-corrected chi connectivity index (χ4v) is 2.28. The first-order chi connectivity index (χ1) is 8.61. The topological polar surface area (TPSA) is 50.9 Å². The Balaban J connectivity index is 2.41. The quantitative estimate of drug-likeness (QED) is 0.677.